The smallest absolute Gasteiger partial charge is 0.109 e. The van der Waals surface area contributed by atoms with E-state index in [0.717, 1.165) is 16.8 Å². The van der Waals surface area contributed by atoms with Crippen LogP contribution in [0.25, 0.3) is 0 Å². The fourth-order valence-corrected chi connectivity index (χ4v) is 1.61. The third-order valence-corrected chi connectivity index (χ3v) is 2.72. The maximum absolute atomic E-state index is 10.2. The van der Waals surface area contributed by atoms with Gasteiger partial charge in [0.1, 0.15) is 6.10 Å². The van der Waals surface area contributed by atoms with Crippen LogP contribution in [0.1, 0.15) is 42.8 Å². The molecule has 4 nitrogen and oxygen atoms in total. The first kappa shape index (κ1) is 11.8. The van der Waals surface area contributed by atoms with Crippen LogP contribution in [0.4, 0.5) is 0 Å². The van der Waals surface area contributed by atoms with Crippen molar-refractivity contribution < 1.29 is 5.11 Å². The van der Waals surface area contributed by atoms with E-state index in [0.29, 0.717) is 6.04 Å². The van der Waals surface area contributed by atoms with Gasteiger partial charge in [-0.25, -0.2) is 0 Å². The zero-order valence-electron chi connectivity index (χ0n) is 10.3. The molecule has 0 spiro atoms. The number of aliphatic hydroxyl groups is 1. The zero-order valence-corrected chi connectivity index (χ0v) is 10.3. The molecule has 4 heteroatoms. The standard InChI is InChI=1S/C13H17N3O/c1-9(2)16-8-12(7-15-16)13(17)11-5-4-10(3)14-6-11/h4-9,13,17H,1-3H3. The summed E-state index contributed by atoms with van der Waals surface area (Å²) in [6, 6.07) is 4.08. The number of hydrogen-bond donors (Lipinski definition) is 1. The van der Waals surface area contributed by atoms with Crippen LogP contribution in [0.15, 0.2) is 30.7 Å². The number of aryl methyl sites for hydroxylation is 1. The lowest BCUT2D eigenvalue weighted by Crippen LogP contribution is -2.02. The first-order valence-electron chi connectivity index (χ1n) is 5.72. The molecule has 0 aromatic carbocycles. The highest BCUT2D eigenvalue weighted by atomic mass is 16.3. The minimum atomic E-state index is -0.657. The minimum absolute atomic E-state index is 0.298. The number of rotatable bonds is 3. The van der Waals surface area contributed by atoms with Gasteiger partial charge in [-0.1, -0.05) is 6.07 Å². The van der Waals surface area contributed by atoms with Crippen LogP contribution in [0, 0.1) is 6.92 Å². The van der Waals surface area contributed by atoms with Gasteiger partial charge in [0.2, 0.25) is 0 Å². The van der Waals surface area contributed by atoms with Crippen molar-refractivity contribution in [1.82, 2.24) is 14.8 Å². The van der Waals surface area contributed by atoms with E-state index in [1.54, 1.807) is 12.4 Å². The summed E-state index contributed by atoms with van der Waals surface area (Å²) < 4.78 is 1.83. The number of hydrogen-bond acceptors (Lipinski definition) is 3. The maximum atomic E-state index is 10.2. The van der Waals surface area contributed by atoms with Gasteiger partial charge in [-0.3, -0.25) is 9.67 Å². The summed E-state index contributed by atoms with van der Waals surface area (Å²) in [4.78, 5) is 4.18. The van der Waals surface area contributed by atoms with Gasteiger partial charge >= 0.3 is 0 Å². The van der Waals surface area contributed by atoms with Crippen molar-refractivity contribution in [2.75, 3.05) is 0 Å². The summed E-state index contributed by atoms with van der Waals surface area (Å²) in [5.74, 6) is 0. The topological polar surface area (TPSA) is 50.9 Å². The Morgan fingerprint density at radius 2 is 1.94 bits per heavy atom. The van der Waals surface area contributed by atoms with Gasteiger partial charge in [0, 0.05) is 35.3 Å². The van der Waals surface area contributed by atoms with Crippen LogP contribution in [-0.4, -0.2) is 19.9 Å². The van der Waals surface area contributed by atoms with E-state index < -0.39 is 6.10 Å². The van der Waals surface area contributed by atoms with Crippen molar-refractivity contribution >= 4 is 0 Å². The summed E-state index contributed by atoms with van der Waals surface area (Å²) >= 11 is 0. The van der Waals surface area contributed by atoms with Crippen molar-refractivity contribution in [2.45, 2.75) is 32.9 Å². The Labute approximate surface area is 101 Å². The number of nitrogens with zero attached hydrogens (tertiary/aromatic N) is 3. The highest BCUT2D eigenvalue weighted by molar-refractivity contribution is 5.25. The molecule has 2 heterocycles. The molecule has 0 saturated heterocycles. The molecule has 17 heavy (non-hydrogen) atoms. The van der Waals surface area contributed by atoms with Gasteiger partial charge in [-0.2, -0.15) is 5.10 Å². The molecule has 0 saturated carbocycles. The third-order valence-electron chi connectivity index (χ3n) is 2.72. The Kier molecular flexibility index (Phi) is 3.24. The van der Waals surface area contributed by atoms with Crippen LogP contribution in [0.2, 0.25) is 0 Å². The number of pyridine rings is 1. The SMILES string of the molecule is Cc1ccc(C(O)c2cnn(C(C)C)c2)cn1. The predicted molar refractivity (Wildman–Crippen MR) is 65.6 cm³/mol. The molecule has 0 amide bonds. The molecule has 1 unspecified atom stereocenters. The van der Waals surface area contributed by atoms with Gasteiger partial charge in [-0.15, -0.1) is 0 Å². The molecule has 0 fully saturated rings. The Balaban J connectivity index is 2.24. The quantitative estimate of drug-likeness (QED) is 0.881. The van der Waals surface area contributed by atoms with Gasteiger partial charge in [0.05, 0.1) is 6.20 Å². The van der Waals surface area contributed by atoms with E-state index in [2.05, 4.69) is 23.9 Å². The molecular weight excluding hydrogens is 214 g/mol. The lowest BCUT2D eigenvalue weighted by Gasteiger charge is -2.08. The minimum Gasteiger partial charge on any atom is -0.383 e. The Bertz CT molecular complexity index is 488. The van der Waals surface area contributed by atoms with Crippen molar-refractivity contribution in [2.24, 2.45) is 0 Å². The predicted octanol–water partition coefficient (Wildman–Crippen LogP) is 2.25. The summed E-state index contributed by atoms with van der Waals surface area (Å²) in [6.45, 7) is 6.03. The molecular formula is C13H17N3O. The summed E-state index contributed by atoms with van der Waals surface area (Å²) in [7, 11) is 0. The van der Waals surface area contributed by atoms with Crippen LogP contribution in [0.3, 0.4) is 0 Å². The average Bonchev–Trinajstić information content (AvgIpc) is 2.78. The van der Waals surface area contributed by atoms with Crippen molar-refractivity contribution in [3.8, 4) is 0 Å². The van der Waals surface area contributed by atoms with E-state index >= 15 is 0 Å². The van der Waals surface area contributed by atoms with Gasteiger partial charge in [-0.05, 0) is 26.8 Å². The van der Waals surface area contributed by atoms with E-state index in [4.69, 9.17) is 0 Å². The molecule has 90 valence electrons. The molecule has 1 atom stereocenters. The summed E-state index contributed by atoms with van der Waals surface area (Å²) in [5.41, 5.74) is 2.53. The van der Waals surface area contributed by atoms with E-state index in [1.165, 1.54) is 0 Å². The van der Waals surface area contributed by atoms with Crippen LogP contribution in [0.5, 0.6) is 0 Å². The maximum Gasteiger partial charge on any atom is 0.109 e. The Hall–Kier alpha value is -1.68. The Morgan fingerprint density at radius 1 is 1.18 bits per heavy atom. The van der Waals surface area contributed by atoms with Crippen molar-refractivity contribution in [1.29, 1.82) is 0 Å². The highest BCUT2D eigenvalue weighted by Crippen LogP contribution is 2.21. The molecule has 0 bridgehead atoms. The van der Waals surface area contributed by atoms with Crippen molar-refractivity contribution in [3.05, 3.63) is 47.5 Å². The average molecular weight is 231 g/mol. The van der Waals surface area contributed by atoms with Crippen LogP contribution >= 0.6 is 0 Å². The van der Waals surface area contributed by atoms with E-state index in [-0.39, 0.29) is 0 Å². The second kappa shape index (κ2) is 4.67. The van der Waals surface area contributed by atoms with Crippen molar-refractivity contribution in [3.63, 3.8) is 0 Å². The van der Waals surface area contributed by atoms with Crippen LogP contribution < -0.4 is 0 Å². The molecule has 0 radical (unpaired) electrons. The first-order chi connectivity index (χ1) is 8.08. The molecule has 2 aromatic heterocycles. The second-order valence-electron chi connectivity index (χ2n) is 4.48. The van der Waals surface area contributed by atoms with E-state index in [1.807, 2.05) is 29.9 Å². The monoisotopic (exact) mass is 231 g/mol. The van der Waals surface area contributed by atoms with Gasteiger partial charge < -0.3 is 5.11 Å². The lowest BCUT2D eigenvalue weighted by atomic mass is 10.1. The normalized spacial score (nSPS) is 13.0. The van der Waals surface area contributed by atoms with Gasteiger partial charge in [0.25, 0.3) is 0 Å². The first-order valence-corrected chi connectivity index (χ1v) is 5.72. The summed E-state index contributed by atoms with van der Waals surface area (Å²) in [6.07, 6.45) is 4.61. The molecule has 2 rings (SSSR count). The highest BCUT2D eigenvalue weighted by Gasteiger charge is 2.13. The fourth-order valence-electron chi connectivity index (χ4n) is 1.61. The fraction of sp³-hybridized carbons (Fsp3) is 0.385. The van der Waals surface area contributed by atoms with Gasteiger partial charge in [0.15, 0.2) is 0 Å². The second-order valence-corrected chi connectivity index (χ2v) is 4.48. The van der Waals surface area contributed by atoms with E-state index in [9.17, 15) is 5.11 Å². The van der Waals surface area contributed by atoms with Crippen LogP contribution in [-0.2, 0) is 0 Å². The molecule has 2 aromatic rings. The third kappa shape index (κ3) is 2.53. The molecule has 0 aliphatic carbocycles. The lowest BCUT2D eigenvalue weighted by molar-refractivity contribution is 0.219. The molecule has 0 aliphatic rings. The number of aliphatic hydroxyl groups excluding tert-OH is 1. The molecule has 0 aliphatic heterocycles. The number of aromatic nitrogens is 3. The Morgan fingerprint density at radius 3 is 2.47 bits per heavy atom. The zero-order chi connectivity index (χ0) is 12.4. The summed E-state index contributed by atoms with van der Waals surface area (Å²) in [5, 5.41) is 14.4. The molecule has 1 N–H and O–H groups in total. The largest absolute Gasteiger partial charge is 0.383 e.